The van der Waals surface area contributed by atoms with E-state index in [2.05, 4.69) is 31.5 Å². The number of pyridine rings is 1. The number of amides is 2. The number of nitrogens with zero attached hydrogens (tertiary/aromatic N) is 1. The smallest absolute Gasteiger partial charge is 0.319 e. The molecular formula is C20H18BrN3O. The monoisotopic (exact) mass is 395 g/mol. The highest BCUT2D eigenvalue weighted by Crippen LogP contribution is 2.21. The SMILES string of the molecule is Cc1cc(-c2ccc(NC(=O)NCc3cccc(Br)c3)cc2)ccn1. The summed E-state index contributed by atoms with van der Waals surface area (Å²) >= 11 is 3.42. The molecule has 4 nitrogen and oxygen atoms in total. The number of aryl methyl sites for hydroxylation is 1. The maximum atomic E-state index is 12.0. The molecule has 2 amide bonds. The topological polar surface area (TPSA) is 54.0 Å². The van der Waals surface area contributed by atoms with E-state index in [0.29, 0.717) is 6.54 Å². The van der Waals surface area contributed by atoms with Gasteiger partial charge in [0.1, 0.15) is 0 Å². The molecule has 0 bridgehead atoms. The maximum absolute atomic E-state index is 12.0. The highest BCUT2D eigenvalue weighted by Gasteiger charge is 2.03. The second-order valence-corrected chi connectivity index (χ2v) is 6.62. The fourth-order valence-corrected chi connectivity index (χ4v) is 2.92. The number of anilines is 1. The Morgan fingerprint density at radius 2 is 1.84 bits per heavy atom. The van der Waals surface area contributed by atoms with E-state index in [9.17, 15) is 4.79 Å². The van der Waals surface area contributed by atoms with Gasteiger partial charge in [-0.2, -0.15) is 0 Å². The fourth-order valence-electron chi connectivity index (χ4n) is 2.48. The molecule has 0 aliphatic carbocycles. The van der Waals surface area contributed by atoms with Crippen molar-refractivity contribution in [1.82, 2.24) is 10.3 Å². The minimum Gasteiger partial charge on any atom is -0.334 e. The number of halogens is 1. The van der Waals surface area contributed by atoms with Gasteiger partial charge in [-0.25, -0.2) is 4.79 Å². The number of carbonyl (C=O) groups excluding carboxylic acids is 1. The molecule has 0 saturated carbocycles. The molecular weight excluding hydrogens is 378 g/mol. The molecule has 25 heavy (non-hydrogen) atoms. The van der Waals surface area contributed by atoms with Crippen molar-refractivity contribution in [3.05, 3.63) is 82.6 Å². The lowest BCUT2D eigenvalue weighted by Gasteiger charge is -2.09. The lowest BCUT2D eigenvalue weighted by molar-refractivity contribution is 0.251. The molecule has 0 unspecified atom stereocenters. The zero-order valence-electron chi connectivity index (χ0n) is 13.8. The van der Waals surface area contributed by atoms with E-state index < -0.39 is 0 Å². The van der Waals surface area contributed by atoms with Gasteiger partial charge in [0.15, 0.2) is 0 Å². The first-order chi connectivity index (χ1) is 12.1. The van der Waals surface area contributed by atoms with Crippen molar-refractivity contribution in [3.8, 4) is 11.1 Å². The first-order valence-electron chi connectivity index (χ1n) is 7.92. The van der Waals surface area contributed by atoms with Crippen LogP contribution in [0.1, 0.15) is 11.3 Å². The van der Waals surface area contributed by atoms with Gasteiger partial charge in [-0.1, -0.05) is 40.2 Å². The second kappa shape index (κ2) is 7.94. The molecule has 0 spiro atoms. The molecule has 126 valence electrons. The molecule has 0 aliphatic rings. The summed E-state index contributed by atoms with van der Waals surface area (Å²) in [6.07, 6.45) is 1.80. The number of nitrogens with one attached hydrogen (secondary N) is 2. The third-order valence-electron chi connectivity index (χ3n) is 3.71. The summed E-state index contributed by atoms with van der Waals surface area (Å²) in [5.74, 6) is 0. The van der Waals surface area contributed by atoms with E-state index in [4.69, 9.17) is 0 Å². The normalized spacial score (nSPS) is 10.3. The Labute approximate surface area is 155 Å². The number of hydrogen-bond donors (Lipinski definition) is 2. The van der Waals surface area contributed by atoms with E-state index in [1.165, 1.54) is 0 Å². The van der Waals surface area contributed by atoms with Crippen molar-refractivity contribution >= 4 is 27.6 Å². The van der Waals surface area contributed by atoms with Crippen LogP contribution >= 0.6 is 15.9 Å². The van der Waals surface area contributed by atoms with Crippen molar-refractivity contribution in [3.63, 3.8) is 0 Å². The van der Waals surface area contributed by atoms with Crippen LogP contribution in [0.25, 0.3) is 11.1 Å². The minimum absolute atomic E-state index is 0.229. The molecule has 2 N–H and O–H groups in total. The molecule has 0 aliphatic heterocycles. The van der Waals surface area contributed by atoms with Crippen LogP contribution in [0.2, 0.25) is 0 Å². The molecule has 0 atom stereocenters. The van der Waals surface area contributed by atoms with Gasteiger partial charge in [0.2, 0.25) is 0 Å². The zero-order chi connectivity index (χ0) is 17.6. The number of carbonyl (C=O) groups is 1. The van der Waals surface area contributed by atoms with Gasteiger partial charge in [0, 0.05) is 28.6 Å². The molecule has 3 aromatic rings. The van der Waals surface area contributed by atoms with Gasteiger partial charge in [-0.3, -0.25) is 4.98 Å². The molecule has 2 aromatic carbocycles. The molecule has 0 radical (unpaired) electrons. The molecule has 3 rings (SSSR count). The van der Waals surface area contributed by atoms with Crippen molar-refractivity contribution in [2.75, 3.05) is 5.32 Å². The summed E-state index contributed by atoms with van der Waals surface area (Å²) in [4.78, 5) is 16.2. The third kappa shape index (κ3) is 4.90. The second-order valence-electron chi connectivity index (χ2n) is 5.70. The number of hydrogen-bond acceptors (Lipinski definition) is 2. The minimum atomic E-state index is -0.229. The Kier molecular flexibility index (Phi) is 5.46. The lowest BCUT2D eigenvalue weighted by atomic mass is 10.1. The van der Waals surface area contributed by atoms with Gasteiger partial charge < -0.3 is 10.6 Å². The summed E-state index contributed by atoms with van der Waals surface area (Å²) in [5.41, 5.74) is 4.96. The number of aromatic nitrogens is 1. The number of urea groups is 1. The van der Waals surface area contributed by atoms with Gasteiger partial charge in [-0.15, -0.1) is 0 Å². The molecule has 1 heterocycles. The summed E-state index contributed by atoms with van der Waals surface area (Å²) in [5, 5.41) is 5.69. The van der Waals surface area contributed by atoms with Gasteiger partial charge >= 0.3 is 6.03 Å². The Balaban J connectivity index is 1.58. The highest BCUT2D eigenvalue weighted by atomic mass is 79.9. The molecule has 5 heteroatoms. The van der Waals surface area contributed by atoms with E-state index >= 15 is 0 Å². The predicted molar refractivity (Wildman–Crippen MR) is 104 cm³/mol. The summed E-state index contributed by atoms with van der Waals surface area (Å²) < 4.78 is 0.995. The van der Waals surface area contributed by atoms with E-state index in [1.54, 1.807) is 6.20 Å². The van der Waals surface area contributed by atoms with Crippen LogP contribution < -0.4 is 10.6 Å². The van der Waals surface area contributed by atoms with Crippen LogP contribution in [0.4, 0.5) is 10.5 Å². The van der Waals surface area contributed by atoms with E-state index in [-0.39, 0.29) is 6.03 Å². The van der Waals surface area contributed by atoms with Crippen molar-refractivity contribution in [2.24, 2.45) is 0 Å². The Hall–Kier alpha value is -2.66. The highest BCUT2D eigenvalue weighted by molar-refractivity contribution is 9.10. The van der Waals surface area contributed by atoms with Crippen molar-refractivity contribution in [1.29, 1.82) is 0 Å². The fraction of sp³-hybridized carbons (Fsp3) is 0.100. The van der Waals surface area contributed by atoms with Crippen LogP contribution in [-0.2, 0) is 6.54 Å². The first kappa shape index (κ1) is 17.2. The molecule has 1 aromatic heterocycles. The summed E-state index contributed by atoms with van der Waals surface area (Å²) in [6.45, 7) is 2.44. The van der Waals surface area contributed by atoms with Gasteiger partial charge in [0.05, 0.1) is 0 Å². The zero-order valence-corrected chi connectivity index (χ0v) is 15.4. The van der Waals surface area contributed by atoms with Crippen LogP contribution in [-0.4, -0.2) is 11.0 Å². The average molecular weight is 396 g/mol. The Morgan fingerprint density at radius 3 is 2.56 bits per heavy atom. The number of rotatable bonds is 4. The quantitative estimate of drug-likeness (QED) is 0.642. The summed E-state index contributed by atoms with van der Waals surface area (Å²) in [7, 11) is 0. The van der Waals surface area contributed by atoms with Crippen LogP contribution in [0.3, 0.4) is 0 Å². The summed E-state index contributed by atoms with van der Waals surface area (Å²) in [6, 6.07) is 19.4. The van der Waals surface area contributed by atoms with Crippen molar-refractivity contribution < 1.29 is 4.79 Å². The largest absolute Gasteiger partial charge is 0.334 e. The van der Waals surface area contributed by atoms with Crippen LogP contribution in [0, 0.1) is 6.92 Å². The first-order valence-corrected chi connectivity index (χ1v) is 8.72. The Bertz CT molecular complexity index is 878. The Morgan fingerprint density at radius 1 is 1.04 bits per heavy atom. The van der Waals surface area contributed by atoms with Gasteiger partial charge in [0.25, 0.3) is 0 Å². The van der Waals surface area contributed by atoms with Gasteiger partial charge in [-0.05, 0) is 60.0 Å². The predicted octanol–water partition coefficient (Wildman–Crippen LogP) is 5.14. The lowest BCUT2D eigenvalue weighted by Crippen LogP contribution is -2.28. The van der Waals surface area contributed by atoms with Crippen LogP contribution in [0.5, 0.6) is 0 Å². The third-order valence-corrected chi connectivity index (χ3v) is 4.21. The van der Waals surface area contributed by atoms with Crippen LogP contribution in [0.15, 0.2) is 71.3 Å². The van der Waals surface area contributed by atoms with Crippen molar-refractivity contribution in [2.45, 2.75) is 13.5 Å². The number of benzene rings is 2. The van der Waals surface area contributed by atoms with E-state index in [0.717, 1.165) is 32.5 Å². The molecule has 0 fully saturated rings. The molecule has 0 saturated heterocycles. The standard InChI is InChI=1S/C20H18BrN3O/c1-14-11-17(9-10-22-14)16-5-7-19(8-6-16)24-20(25)23-13-15-3-2-4-18(21)12-15/h2-12H,13H2,1H3,(H2,23,24,25). The average Bonchev–Trinajstić information content (AvgIpc) is 2.61. The maximum Gasteiger partial charge on any atom is 0.319 e. The van der Waals surface area contributed by atoms with E-state index in [1.807, 2.05) is 67.6 Å².